The second-order valence-electron chi connectivity index (χ2n) is 8.12. The van der Waals surface area contributed by atoms with E-state index in [4.69, 9.17) is 0 Å². The lowest BCUT2D eigenvalue weighted by Gasteiger charge is -2.24. The van der Waals surface area contributed by atoms with Crippen LogP contribution >= 0.6 is 0 Å². The fourth-order valence-corrected chi connectivity index (χ4v) is 5.44. The molecule has 1 amide bonds. The maximum absolute atomic E-state index is 14.6. The van der Waals surface area contributed by atoms with Gasteiger partial charge in [-0.1, -0.05) is 0 Å². The molecular formula is C22H20F5N5O3S. The Labute approximate surface area is 202 Å². The van der Waals surface area contributed by atoms with E-state index in [9.17, 15) is 35.2 Å². The molecule has 4 rings (SSSR count). The highest BCUT2D eigenvalue weighted by Crippen LogP contribution is 2.29. The molecule has 192 valence electrons. The van der Waals surface area contributed by atoms with Gasteiger partial charge in [0.05, 0.1) is 22.5 Å². The van der Waals surface area contributed by atoms with E-state index in [-0.39, 0.29) is 30.1 Å². The van der Waals surface area contributed by atoms with Crippen LogP contribution in [0.3, 0.4) is 0 Å². The minimum absolute atomic E-state index is 0.133. The van der Waals surface area contributed by atoms with Crippen LogP contribution in [0.15, 0.2) is 53.7 Å². The van der Waals surface area contributed by atoms with Crippen molar-refractivity contribution in [3.05, 3.63) is 71.6 Å². The van der Waals surface area contributed by atoms with Gasteiger partial charge >= 0.3 is 6.18 Å². The van der Waals surface area contributed by atoms with Gasteiger partial charge in [0.1, 0.15) is 23.7 Å². The monoisotopic (exact) mass is 529 g/mol. The average Bonchev–Trinajstić information content (AvgIpc) is 3.40. The average molecular weight is 529 g/mol. The number of amides is 1. The number of pyridine rings is 1. The maximum atomic E-state index is 14.6. The Kier molecular flexibility index (Phi) is 6.84. The molecule has 1 aliphatic heterocycles. The van der Waals surface area contributed by atoms with Crippen LogP contribution < -0.4 is 5.32 Å². The largest absolute Gasteiger partial charge is 0.433 e. The lowest BCUT2D eigenvalue weighted by Crippen LogP contribution is -2.49. The van der Waals surface area contributed by atoms with E-state index >= 15 is 0 Å². The van der Waals surface area contributed by atoms with Crippen LogP contribution in [0.1, 0.15) is 23.4 Å². The molecule has 1 aliphatic rings. The highest BCUT2D eigenvalue weighted by molar-refractivity contribution is 7.89. The number of carbonyl (C=O) groups is 1. The minimum Gasteiger partial charge on any atom is -0.350 e. The lowest BCUT2D eigenvalue weighted by molar-refractivity contribution is -0.141. The first kappa shape index (κ1) is 25.7. The van der Waals surface area contributed by atoms with E-state index in [1.165, 1.54) is 16.9 Å². The van der Waals surface area contributed by atoms with Gasteiger partial charge in [0, 0.05) is 24.8 Å². The summed E-state index contributed by atoms with van der Waals surface area (Å²) in [6.45, 7) is 1.25. The number of nitrogens with zero attached hydrogens (tertiary/aromatic N) is 4. The summed E-state index contributed by atoms with van der Waals surface area (Å²) < 4.78 is 93.9. The van der Waals surface area contributed by atoms with Crippen molar-refractivity contribution in [1.29, 1.82) is 0 Å². The Morgan fingerprint density at radius 3 is 2.47 bits per heavy atom. The van der Waals surface area contributed by atoms with Crippen LogP contribution in [-0.2, 0) is 27.5 Å². The van der Waals surface area contributed by atoms with Gasteiger partial charge < -0.3 is 5.32 Å². The second kappa shape index (κ2) is 9.58. The molecule has 36 heavy (non-hydrogen) atoms. The molecule has 0 radical (unpaired) electrons. The van der Waals surface area contributed by atoms with Gasteiger partial charge in [0.2, 0.25) is 15.9 Å². The third-order valence-electron chi connectivity index (χ3n) is 5.72. The fraction of sp³-hybridized carbons (Fsp3) is 0.318. The van der Waals surface area contributed by atoms with Gasteiger partial charge in [-0.05, 0) is 49.7 Å². The first-order valence-corrected chi connectivity index (χ1v) is 12.1. The minimum atomic E-state index is -4.58. The first-order chi connectivity index (χ1) is 16.9. The number of nitrogens with one attached hydrogen (secondary N) is 1. The molecular weight excluding hydrogens is 509 g/mol. The van der Waals surface area contributed by atoms with Crippen molar-refractivity contribution < 1.29 is 35.2 Å². The Morgan fingerprint density at radius 1 is 1.17 bits per heavy atom. The fourth-order valence-electron chi connectivity index (χ4n) is 3.81. The molecule has 1 saturated heterocycles. The Hall–Kier alpha value is -3.39. The molecule has 14 heteroatoms. The van der Waals surface area contributed by atoms with E-state index < -0.39 is 45.8 Å². The normalized spacial score (nSPS) is 18.9. The Bertz CT molecular complexity index is 1360. The van der Waals surface area contributed by atoms with E-state index in [0.29, 0.717) is 11.3 Å². The number of carbonyl (C=O) groups excluding carboxylic acids is 1. The van der Waals surface area contributed by atoms with E-state index in [0.717, 1.165) is 40.8 Å². The lowest BCUT2D eigenvalue weighted by atomic mass is 10.2. The molecule has 8 nitrogen and oxygen atoms in total. The zero-order valence-corrected chi connectivity index (χ0v) is 19.5. The molecule has 1 aromatic carbocycles. The molecule has 2 unspecified atom stereocenters. The Balaban J connectivity index is 1.48. The summed E-state index contributed by atoms with van der Waals surface area (Å²) in [5.74, 6) is -1.51. The Morgan fingerprint density at radius 2 is 1.86 bits per heavy atom. The summed E-state index contributed by atoms with van der Waals surface area (Å²) in [7, 11) is -4.26. The van der Waals surface area contributed by atoms with Crippen LogP contribution in [-0.4, -0.2) is 52.2 Å². The van der Waals surface area contributed by atoms with Gasteiger partial charge in [-0.3, -0.25) is 4.79 Å². The standard InChI is InChI=1S/C22H20F5N5O3S/c1-13-14(12-31(30-13)16-4-7-19(28-11-16)22(25,26)27)10-29-21(33)20-18(24)8-9-32(20)36(34,35)17-5-2-15(23)3-6-17/h2-7,11-12,18,20H,8-10H2,1H3,(H,29,33). The number of benzene rings is 1. The van der Waals surface area contributed by atoms with E-state index in [1.807, 2.05) is 0 Å². The maximum Gasteiger partial charge on any atom is 0.433 e. The van der Waals surface area contributed by atoms with Crippen molar-refractivity contribution in [3.8, 4) is 5.69 Å². The molecule has 0 saturated carbocycles. The second-order valence-corrected chi connectivity index (χ2v) is 10.0. The third kappa shape index (κ3) is 5.09. The molecule has 0 bridgehead atoms. The zero-order chi connectivity index (χ0) is 26.3. The number of rotatable bonds is 6. The van der Waals surface area contributed by atoms with Crippen molar-refractivity contribution >= 4 is 15.9 Å². The summed E-state index contributed by atoms with van der Waals surface area (Å²) >= 11 is 0. The first-order valence-electron chi connectivity index (χ1n) is 10.7. The quantitative estimate of drug-likeness (QED) is 0.495. The predicted octanol–water partition coefficient (Wildman–Crippen LogP) is 3.15. The molecule has 1 fully saturated rings. The van der Waals surface area contributed by atoms with Crippen LogP contribution in [0.2, 0.25) is 0 Å². The highest BCUT2D eigenvalue weighted by atomic mass is 32.2. The number of hydrogen-bond acceptors (Lipinski definition) is 5. The SMILES string of the molecule is Cc1nn(-c2ccc(C(F)(F)F)nc2)cc1CNC(=O)C1C(F)CCN1S(=O)(=O)c1ccc(F)cc1. The smallest absolute Gasteiger partial charge is 0.350 e. The van der Waals surface area contributed by atoms with E-state index in [1.54, 1.807) is 6.92 Å². The number of sulfonamides is 1. The van der Waals surface area contributed by atoms with Crippen molar-refractivity contribution in [1.82, 2.24) is 24.4 Å². The van der Waals surface area contributed by atoms with Gasteiger partial charge in [0.15, 0.2) is 0 Å². The molecule has 2 aromatic heterocycles. The van der Waals surface area contributed by atoms with Crippen molar-refractivity contribution in [3.63, 3.8) is 0 Å². The van der Waals surface area contributed by atoms with Crippen LogP contribution in [0.5, 0.6) is 0 Å². The molecule has 3 aromatic rings. The van der Waals surface area contributed by atoms with E-state index in [2.05, 4.69) is 15.4 Å². The number of alkyl halides is 4. The van der Waals surface area contributed by atoms with Gasteiger partial charge in [-0.15, -0.1) is 0 Å². The highest BCUT2D eigenvalue weighted by Gasteiger charge is 2.46. The third-order valence-corrected chi connectivity index (χ3v) is 7.62. The predicted molar refractivity (Wildman–Crippen MR) is 117 cm³/mol. The topological polar surface area (TPSA) is 97.2 Å². The molecule has 0 spiro atoms. The molecule has 3 heterocycles. The summed E-state index contributed by atoms with van der Waals surface area (Å²) in [4.78, 5) is 15.9. The summed E-state index contributed by atoms with van der Waals surface area (Å²) in [5, 5.41) is 6.70. The number of halogens is 5. The summed E-state index contributed by atoms with van der Waals surface area (Å²) in [6, 6.07) is 4.38. The van der Waals surface area contributed by atoms with Crippen LogP contribution in [0.25, 0.3) is 5.69 Å². The van der Waals surface area contributed by atoms with Gasteiger partial charge in [-0.2, -0.15) is 22.6 Å². The van der Waals surface area contributed by atoms with Crippen LogP contribution in [0.4, 0.5) is 22.0 Å². The van der Waals surface area contributed by atoms with Gasteiger partial charge in [0.25, 0.3) is 0 Å². The summed E-state index contributed by atoms with van der Waals surface area (Å²) in [6.07, 6.45) is -4.05. The molecule has 1 N–H and O–H groups in total. The summed E-state index contributed by atoms with van der Waals surface area (Å²) in [5.41, 5.74) is 0.110. The van der Waals surface area contributed by atoms with Crippen molar-refractivity contribution in [2.45, 2.75) is 43.2 Å². The molecule has 2 atom stereocenters. The van der Waals surface area contributed by atoms with Crippen LogP contribution in [0, 0.1) is 12.7 Å². The number of aryl methyl sites for hydroxylation is 1. The number of hydrogen-bond donors (Lipinski definition) is 1. The number of aromatic nitrogens is 3. The zero-order valence-electron chi connectivity index (χ0n) is 18.7. The van der Waals surface area contributed by atoms with Crippen molar-refractivity contribution in [2.75, 3.05) is 6.54 Å². The molecule has 0 aliphatic carbocycles. The van der Waals surface area contributed by atoms with Crippen molar-refractivity contribution in [2.24, 2.45) is 0 Å². The van der Waals surface area contributed by atoms with Gasteiger partial charge in [-0.25, -0.2) is 26.9 Å².